The van der Waals surface area contributed by atoms with Crippen LogP contribution < -0.4 is 11.0 Å². The van der Waals surface area contributed by atoms with Gasteiger partial charge in [0.1, 0.15) is 5.69 Å². The monoisotopic (exact) mass is 181 g/mol. The van der Waals surface area contributed by atoms with E-state index in [9.17, 15) is 10.1 Å². The summed E-state index contributed by atoms with van der Waals surface area (Å²) in [4.78, 5) is 10.4. The first-order valence-corrected chi connectivity index (χ1v) is 3.93. The Kier molecular flexibility index (Phi) is 2.81. The Hall–Kier alpha value is -1.62. The largest absolute Gasteiger partial charge is 0.233 e. The van der Waals surface area contributed by atoms with Crippen LogP contribution in [0.3, 0.4) is 0 Å². The van der Waals surface area contributed by atoms with Crippen molar-refractivity contribution in [3.63, 3.8) is 0 Å². The van der Waals surface area contributed by atoms with E-state index in [1.807, 2.05) is 19.1 Å². The highest BCUT2D eigenvalue weighted by Crippen LogP contribution is 2.17. The summed E-state index contributed by atoms with van der Waals surface area (Å²) in [7, 11) is 0. The number of hydrazine groups is 2. The van der Waals surface area contributed by atoms with Crippen molar-refractivity contribution in [2.45, 2.75) is 13.3 Å². The Morgan fingerprint density at radius 2 is 2.15 bits per heavy atom. The van der Waals surface area contributed by atoms with Crippen LogP contribution in [0.5, 0.6) is 0 Å². The minimum atomic E-state index is -0.644. The van der Waals surface area contributed by atoms with E-state index in [1.54, 1.807) is 12.1 Å². The molecule has 0 heterocycles. The number of anilines is 1. The summed E-state index contributed by atoms with van der Waals surface area (Å²) in [6.07, 6.45) is 0.720. The van der Waals surface area contributed by atoms with Gasteiger partial charge in [-0.1, -0.05) is 25.1 Å². The predicted molar refractivity (Wildman–Crippen MR) is 49.5 cm³/mol. The van der Waals surface area contributed by atoms with Crippen LogP contribution in [0.1, 0.15) is 12.5 Å². The van der Waals surface area contributed by atoms with Gasteiger partial charge in [0.25, 0.3) is 0 Å². The van der Waals surface area contributed by atoms with E-state index in [0.29, 0.717) is 10.8 Å². The second-order valence-electron chi connectivity index (χ2n) is 2.56. The van der Waals surface area contributed by atoms with Crippen LogP contribution in [0, 0.1) is 10.1 Å². The minimum Gasteiger partial charge on any atom is -0.233 e. The molecule has 0 fully saturated rings. The topological polar surface area (TPSA) is 72.4 Å². The Morgan fingerprint density at radius 1 is 1.54 bits per heavy atom. The lowest BCUT2D eigenvalue weighted by Gasteiger charge is -2.10. The van der Waals surface area contributed by atoms with E-state index in [4.69, 9.17) is 5.84 Å². The van der Waals surface area contributed by atoms with Gasteiger partial charge in [-0.3, -0.25) is 0 Å². The van der Waals surface area contributed by atoms with Crippen molar-refractivity contribution in [2.75, 3.05) is 5.12 Å². The molecule has 1 aromatic rings. The number of nitrogens with two attached hydrogens (primary N) is 1. The summed E-state index contributed by atoms with van der Waals surface area (Å²) in [6, 6.07) is 6.99. The lowest BCUT2D eigenvalue weighted by Crippen LogP contribution is -2.37. The van der Waals surface area contributed by atoms with Gasteiger partial charge in [-0.2, -0.15) is 5.84 Å². The van der Waals surface area contributed by atoms with E-state index >= 15 is 0 Å². The summed E-state index contributed by atoms with van der Waals surface area (Å²) in [5.41, 5.74) is 1.30. The molecule has 13 heavy (non-hydrogen) atoms. The molecular weight excluding hydrogens is 170 g/mol. The third kappa shape index (κ3) is 1.94. The number of benzene rings is 1. The Balaban J connectivity index is 3.05. The summed E-state index contributed by atoms with van der Waals surface area (Å²) < 4.78 is 0. The minimum absolute atomic E-state index is 0.440. The predicted octanol–water partition coefficient (Wildman–Crippen LogP) is 1.12. The third-order valence-corrected chi connectivity index (χ3v) is 1.80. The van der Waals surface area contributed by atoms with Crippen molar-refractivity contribution < 1.29 is 5.03 Å². The van der Waals surface area contributed by atoms with Crippen molar-refractivity contribution >= 4 is 5.69 Å². The molecule has 0 atom stereocenters. The number of aryl methyl sites for hydroxylation is 1. The van der Waals surface area contributed by atoms with Crippen LogP contribution in [0.25, 0.3) is 0 Å². The Morgan fingerprint density at radius 3 is 2.69 bits per heavy atom. The van der Waals surface area contributed by atoms with Crippen LogP contribution in [0.2, 0.25) is 0 Å². The first kappa shape index (κ1) is 9.47. The molecule has 2 N–H and O–H groups in total. The lowest BCUT2D eigenvalue weighted by molar-refractivity contribution is -0.496. The zero-order valence-corrected chi connectivity index (χ0v) is 7.30. The molecular formula is C8H11N3O2. The highest BCUT2D eigenvalue weighted by atomic mass is 16.7. The average molecular weight is 181 g/mol. The molecule has 5 nitrogen and oxygen atoms in total. The number of nitrogens with zero attached hydrogens (tertiary/aromatic N) is 2. The molecule has 0 bridgehead atoms. The molecule has 0 radical (unpaired) electrons. The zero-order valence-electron chi connectivity index (χ0n) is 7.30. The van der Waals surface area contributed by atoms with Gasteiger partial charge in [0.15, 0.2) is 5.03 Å². The maximum Gasteiger partial charge on any atom is 0.181 e. The maximum absolute atomic E-state index is 10.4. The van der Waals surface area contributed by atoms with Gasteiger partial charge >= 0.3 is 0 Å². The molecule has 0 unspecified atom stereocenters. The van der Waals surface area contributed by atoms with E-state index in [-0.39, 0.29) is 0 Å². The average Bonchev–Trinajstić information content (AvgIpc) is 2.16. The summed E-state index contributed by atoms with van der Waals surface area (Å²) in [5, 5.41) is 10.3. The molecule has 0 aromatic heterocycles. The number of hydrogen-bond donors (Lipinski definition) is 1. The molecule has 70 valence electrons. The van der Waals surface area contributed by atoms with Gasteiger partial charge in [-0.05, 0) is 23.2 Å². The molecule has 5 heteroatoms. The van der Waals surface area contributed by atoms with Crippen molar-refractivity contribution in [2.24, 2.45) is 5.84 Å². The van der Waals surface area contributed by atoms with Crippen molar-refractivity contribution in [3.05, 3.63) is 39.9 Å². The highest BCUT2D eigenvalue weighted by Gasteiger charge is 2.14. The number of nitro groups is 1. The van der Waals surface area contributed by atoms with Gasteiger partial charge in [-0.15, -0.1) is 0 Å². The summed E-state index contributed by atoms with van der Waals surface area (Å²) in [5.74, 6) is 5.25. The van der Waals surface area contributed by atoms with E-state index in [0.717, 1.165) is 12.0 Å². The third-order valence-electron chi connectivity index (χ3n) is 1.80. The number of para-hydroxylation sites is 1. The molecule has 0 amide bonds. The van der Waals surface area contributed by atoms with Crippen molar-refractivity contribution in [1.29, 1.82) is 0 Å². The standard InChI is InChI=1S/C8H11N3O2/c1-2-7-5-3-4-6-8(7)10(9)11(12)13/h3-6H,2,9H2,1H3. The van der Waals surface area contributed by atoms with Crippen LogP contribution in [-0.4, -0.2) is 5.03 Å². The molecule has 0 saturated heterocycles. The summed E-state index contributed by atoms with van der Waals surface area (Å²) in [6.45, 7) is 1.92. The van der Waals surface area contributed by atoms with Crippen LogP contribution >= 0.6 is 0 Å². The van der Waals surface area contributed by atoms with Gasteiger partial charge in [0.2, 0.25) is 0 Å². The first-order chi connectivity index (χ1) is 6.16. The first-order valence-electron chi connectivity index (χ1n) is 3.93. The molecule has 1 aromatic carbocycles. The fourth-order valence-electron chi connectivity index (χ4n) is 1.12. The van der Waals surface area contributed by atoms with Crippen LogP contribution in [-0.2, 0) is 6.42 Å². The van der Waals surface area contributed by atoms with Crippen molar-refractivity contribution in [3.8, 4) is 0 Å². The van der Waals surface area contributed by atoms with Gasteiger partial charge in [0, 0.05) is 0 Å². The number of hydrogen-bond acceptors (Lipinski definition) is 3. The van der Waals surface area contributed by atoms with E-state index in [1.165, 1.54) is 0 Å². The quantitative estimate of drug-likeness (QED) is 0.431. The normalized spacial score (nSPS) is 9.69. The molecule has 0 aliphatic rings. The fraction of sp³-hybridized carbons (Fsp3) is 0.250. The SMILES string of the molecule is CCc1ccccc1N(N)[N+](=O)[O-]. The van der Waals surface area contributed by atoms with Gasteiger partial charge in [-0.25, -0.2) is 10.1 Å². The molecule has 0 spiro atoms. The molecule has 1 rings (SSSR count). The second kappa shape index (κ2) is 3.86. The maximum atomic E-state index is 10.4. The number of rotatable bonds is 3. The van der Waals surface area contributed by atoms with Gasteiger partial charge < -0.3 is 0 Å². The fourth-order valence-corrected chi connectivity index (χ4v) is 1.12. The zero-order chi connectivity index (χ0) is 9.84. The molecule has 0 aliphatic carbocycles. The Bertz CT molecular complexity index is 314. The Labute approximate surface area is 75.9 Å². The highest BCUT2D eigenvalue weighted by molar-refractivity contribution is 5.50. The van der Waals surface area contributed by atoms with Gasteiger partial charge in [0.05, 0.1) is 0 Å². The molecule has 0 aliphatic heterocycles. The summed E-state index contributed by atoms with van der Waals surface area (Å²) >= 11 is 0. The van der Waals surface area contributed by atoms with Crippen LogP contribution in [0.4, 0.5) is 5.69 Å². The van der Waals surface area contributed by atoms with E-state index < -0.39 is 5.03 Å². The second-order valence-corrected chi connectivity index (χ2v) is 2.56. The lowest BCUT2D eigenvalue weighted by atomic mass is 10.1. The smallest absolute Gasteiger partial charge is 0.181 e. The van der Waals surface area contributed by atoms with E-state index in [2.05, 4.69) is 0 Å². The molecule has 0 saturated carbocycles. The van der Waals surface area contributed by atoms with Crippen molar-refractivity contribution in [1.82, 2.24) is 0 Å². The van der Waals surface area contributed by atoms with Crippen LogP contribution in [0.15, 0.2) is 24.3 Å².